The monoisotopic (exact) mass is 696 g/mol. The maximum absolute atomic E-state index is 2.47. The van der Waals surface area contributed by atoms with Crippen LogP contribution in [0.2, 0.25) is 0 Å². The first-order valence-corrected chi connectivity index (χ1v) is 19.4. The average Bonchev–Trinajstić information content (AvgIpc) is 3.68. The molecule has 0 aliphatic heterocycles. The van der Waals surface area contributed by atoms with E-state index < -0.39 is 0 Å². The summed E-state index contributed by atoms with van der Waals surface area (Å²) in [5.74, 6) is 0. The molecule has 55 heavy (non-hydrogen) atoms. The predicted molar refractivity (Wildman–Crippen MR) is 235 cm³/mol. The lowest BCUT2D eigenvalue weighted by Crippen LogP contribution is -2.15. The lowest BCUT2D eigenvalue weighted by atomic mass is 9.80. The Bertz CT molecular complexity index is 3250. The molecule has 2 aliphatic rings. The summed E-state index contributed by atoms with van der Waals surface area (Å²) in [6, 6.07) is 68.3. The summed E-state index contributed by atoms with van der Waals surface area (Å²) in [5, 5.41) is 10.4. The van der Waals surface area contributed by atoms with E-state index in [2.05, 4.69) is 196 Å². The van der Waals surface area contributed by atoms with Crippen LogP contribution in [0.25, 0.3) is 110 Å². The van der Waals surface area contributed by atoms with Crippen LogP contribution < -0.4 is 0 Å². The third-order valence-corrected chi connectivity index (χ3v) is 12.8. The number of benzene rings is 10. The van der Waals surface area contributed by atoms with Gasteiger partial charge in [-0.1, -0.05) is 178 Å². The molecule has 12 rings (SSSR count). The van der Waals surface area contributed by atoms with Gasteiger partial charge in [0.1, 0.15) is 0 Å². The van der Waals surface area contributed by atoms with E-state index >= 15 is 0 Å². The van der Waals surface area contributed by atoms with Crippen LogP contribution in [0, 0.1) is 0 Å². The summed E-state index contributed by atoms with van der Waals surface area (Å²) in [7, 11) is 0. The number of fused-ring (bicyclic) bond motifs is 10. The smallest absolute Gasteiger partial charge is 0.0159 e. The normalized spacial score (nSPS) is 13.4. The van der Waals surface area contributed by atoms with Gasteiger partial charge < -0.3 is 0 Å². The highest BCUT2D eigenvalue weighted by atomic mass is 14.4. The van der Waals surface area contributed by atoms with Crippen LogP contribution in [-0.4, -0.2) is 0 Å². The molecular formula is C55H36. The van der Waals surface area contributed by atoms with E-state index in [9.17, 15) is 0 Å². The second-order valence-corrected chi connectivity index (χ2v) is 16.0. The highest BCUT2D eigenvalue weighted by molar-refractivity contribution is 6.20. The van der Waals surface area contributed by atoms with Gasteiger partial charge in [0, 0.05) is 5.41 Å². The molecule has 256 valence electrons. The zero-order chi connectivity index (χ0) is 36.4. The molecular weight excluding hydrogens is 661 g/mol. The van der Waals surface area contributed by atoms with Gasteiger partial charge in [0.2, 0.25) is 0 Å². The van der Waals surface area contributed by atoms with Gasteiger partial charge in [-0.05, 0) is 139 Å². The van der Waals surface area contributed by atoms with Crippen molar-refractivity contribution in [1.82, 2.24) is 0 Å². The molecule has 0 N–H and O–H groups in total. The van der Waals surface area contributed by atoms with Gasteiger partial charge >= 0.3 is 0 Å². The number of rotatable bonds is 3. The van der Waals surface area contributed by atoms with E-state index in [1.165, 1.54) is 121 Å². The molecule has 2 aliphatic carbocycles. The van der Waals surface area contributed by atoms with Crippen molar-refractivity contribution < 1.29 is 0 Å². The van der Waals surface area contributed by atoms with Crippen molar-refractivity contribution in [2.24, 2.45) is 0 Å². The van der Waals surface area contributed by atoms with E-state index in [-0.39, 0.29) is 5.41 Å². The third kappa shape index (κ3) is 4.23. The molecule has 0 bridgehead atoms. The number of hydrogen-bond donors (Lipinski definition) is 0. The SMILES string of the molecule is CC1(C)c2cc(-c3ccc(-c4ccc5c6c(cccc46)-c4ccccc4-5)c4ccccc34)ccc2-c2ccc(-c3cc4ccccc4c4ccccc34)cc21. The first kappa shape index (κ1) is 30.7. The predicted octanol–water partition coefficient (Wildman–Crippen LogP) is 15.3. The van der Waals surface area contributed by atoms with Crippen molar-refractivity contribution in [3.05, 3.63) is 193 Å². The second-order valence-electron chi connectivity index (χ2n) is 16.0. The van der Waals surface area contributed by atoms with E-state index in [4.69, 9.17) is 0 Å². The number of hydrogen-bond acceptors (Lipinski definition) is 0. The van der Waals surface area contributed by atoms with Crippen molar-refractivity contribution >= 4 is 43.1 Å². The maximum Gasteiger partial charge on any atom is 0.0159 e. The van der Waals surface area contributed by atoms with Gasteiger partial charge in [0.25, 0.3) is 0 Å². The molecule has 0 amide bonds. The van der Waals surface area contributed by atoms with Crippen LogP contribution in [0.15, 0.2) is 182 Å². The Morgan fingerprint density at radius 1 is 0.273 bits per heavy atom. The van der Waals surface area contributed by atoms with Crippen LogP contribution in [0.5, 0.6) is 0 Å². The molecule has 10 aromatic carbocycles. The second kappa shape index (κ2) is 11.1. The Balaban J connectivity index is 0.976. The Hall–Kier alpha value is -6.76. The Kier molecular flexibility index (Phi) is 6.21. The Morgan fingerprint density at radius 2 is 0.709 bits per heavy atom. The molecule has 0 saturated heterocycles. The van der Waals surface area contributed by atoms with Crippen molar-refractivity contribution in [2.45, 2.75) is 19.3 Å². The summed E-state index contributed by atoms with van der Waals surface area (Å²) in [4.78, 5) is 0. The quantitative estimate of drug-likeness (QED) is 0.161. The molecule has 0 fully saturated rings. The Labute approximate surface area is 321 Å². The van der Waals surface area contributed by atoms with E-state index in [1.54, 1.807) is 0 Å². The van der Waals surface area contributed by atoms with Gasteiger partial charge in [0.15, 0.2) is 0 Å². The fourth-order valence-corrected chi connectivity index (χ4v) is 10.2. The molecule has 0 unspecified atom stereocenters. The third-order valence-electron chi connectivity index (χ3n) is 12.8. The molecule has 0 nitrogen and oxygen atoms in total. The summed E-state index contributed by atoms with van der Waals surface area (Å²) < 4.78 is 0. The molecule has 0 aromatic heterocycles. The fourth-order valence-electron chi connectivity index (χ4n) is 10.2. The zero-order valence-corrected chi connectivity index (χ0v) is 30.8. The summed E-state index contributed by atoms with van der Waals surface area (Å²) in [6.45, 7) is 4.80. The molecule has 0 heteroatoms. The first-order chi connectivity index (χ1) is 27.0. The lowest BCUT2D eigenvalue weighted by Gasteiger charge is -2.23. The minimum atomic E-state index is -0.151. The molecule has 0 radical (unpaired) electrons. The summed E-state index contributed by atoms with van der Waals surface area (Å²) in [5.41, 5.74) is 18.3. The highest BCUT2D eigenvalue weighted by Crippen LogP contribution is 2.53. The standard InChI is InChI=1S/C55H36/c1-55(2)52-31-34(22-24-46(52)47-25-23-35(32-53(47)55)51-30-33-12-3-4-13-36(33)38-14-6-10-19-43(38)51)37-26-27-44(40-16-7-5-15-39(37)40)45-28-29-50-42-18-9-8-17-41(42)48-20-11-21-49(45)54(48)50/h3-32H,1-2H3. The topological polar surface area (TPSA) is 0 Å². The largest absolute Gasteiger partial charge is 0.0616 e. The van der Waals surface area contributed by atoms with Gasteiger partial charge in [-0.2, -0.15) is 0 Å². The van der Waals surface area contributed by atoms with E-state index in [0.29, 0.717) is 0 Å². The first-order valence-electron chi connectivity index (χ1n) is 19.4. The van der Waals surface area contributed by atoms with Gasteiger partial charge in [-0.15, -0.1) is 0 Å². The summed E-state index contributed by atoms with van der Waals surface area (Å²) in [6.07, 6.45) is 0. The zero-order valence-electron chi connectivity index (χ0n) is 30.8. The van der Waals surface area contributed by atoms with Crippen LogP contribution >= 0.6 is 0 Å². The molecule has 0 saturated carbocycles. The van der Waals surface area contributed by atoms with Crippen molar-refractivity contribution in [3.8, 4) is 66.8 Å². The van der Waals surface area contributed by atoms with Gasteiger partial charge in [-0.25, -0.2) is 0 Å². The highest BCUT2D eigenvalue weighted by Gasteiger charge is 2.36. The van der Waals surface area contributed by atoms with Gasteiger partial charge in [-0.3, -0.25) is 0 Å². The van der Waals surface area contributed by atoms with E-state index in [1.807, 2.05) is 0 Å². The Morgan fingerprint density at radius 3 is 1.40 bits per heavy atom. The van der Waals surface area contributed by atoms with Crippen LogP contribution in [0.1, 0.15) is 25.0 Å². The molecule has 0 heterocycles. The fraction of sp³-hybridized carbons (Fsp3) is 0.0545. The molecule has 0 spiro atoms. The maximum atomic E-state index is 2.47. The molecule has 10 aromatic rings. The van der Waals surface area contributed by atoms with E-state index in [0.717, 1.165) is 0 Å². The minimum Gasteiger partial charge on any atom is -0.0616 e. The van der Waals surface area contributed by atoms with Crippen LogP contribution in [-0.2, 0) is 5.41 Å². The van der Waals surface area contributed by atoms with Crippen molar-refractivity contribution in [2.75, 3.05) is 0 Å². The van der Waals surface area contributed by atoms with Crippen LogP contribution in [0.3, 0.4) is 0 Å². The summed E-state index contributed by atoms with van der Waals surface area (Å²) >= 11 is 0. The van der Waals surface area contributed by atoms with Crippen molar-refractivity contribution in [1.29, 1.82) is 0 Å². The van der Waals surface area contributed by atoms with Crippen molar-refractivity contribution in [3.63, 3.8) is 0 Å². The van der Waals surface area contributed by atoms with Crippen LogP contribution in [0.4, 0.5) is 0 Å². The minimum absolute atomic E-state index is 0.151. The molecule has 0 atom stereocenters. The van der Waals surface area contributed by atoms with Gasteiger partial charge in [0.05, 0.1) is 0 Å². The average molecular weight is 697 g/mol. The lowest BCUT2D eigenvalue weighted by molar-refractivity contribution is 0.661.